The van der Waals surface area contributed by atoms with Crippen molar-refractivity contribution in [2.24, 2.45) is 5.92 Å². The van der Waals surface area contributed by atoms with Gasteiger partial charge in [-0.3, -0.25) is 4.79 Å². The van der Waals surface area contributed by atoms with Gasteiger partial charge in [-0.2, -0.15) is 0 Å². The highest BCUT2D eigenvalue weighted by Gasteiger charge is 2.34. The minimum absolute atomic E-state index is 0.0853. The van der Waals surface area contributed by atoms with Crippen molar-refractivity contribution in [1.29, 1.82) is 0 Å². The molecule has 2 aliphatic rings. The Bertz CT molecular complexity index is 525. The molecular weight excluding hydrogens is 284 g/mol. The van der Waals surface area contributed by atoms with Crippen molar-refractivity contribution in [2.45, 2.75) is 76.9 Å². The lowest BCUT2D eigenvalue weighted by Crippen LogP contribution is -2.40. The molecular formula is C20H30N2O. The zero-order valence-electron chi connectivity index (χ0n) is 14.6. The average molecular weight is 314 g/mol. The number of hydrogen-bond donors (Lipinski definition) is 2. The van der Waals surface area contributed by atoms with Crippen LogP contribution < -0.4 is 10.6 Å². The largest absolute Gasteiger partial charge is 0.350 e. The molecule has 2 N–H and O–H groups in total. The molecule has 1 amide bonds. The van der Waals surface area contributed by atoms with Gasteiger partial charge in [0.25, 0.3) is 0 Å². The molecule has 1 aromatic carbocycles. The van der Waals surface area contributed by atoms with Crippen LogP contribution in [0.5, 0.6) is 0 Å². The van der Waals surface area contributed by atoms with E-state index in [-0.39, 0.29) is 11.9 Å². The van der Waals surface area contributed by atoms with Crippen LogP contribution in [0.2, 0.25) is 0 Å². The highest BCUT2D eigenvalue weighted by molar-refractivity contribution is 5.76. The molecule has 0 aliphatic carbocycles. The van der Waals surface area contributed by atoms with Crippen LogP contribution in [0.25, 0.3) is 0 Å². The molecule has 0 saturated carbocycles. The molecule has 0 aromatic heterocycles. The molecule has 2 fully saturated rings. The van der Waals surface area contributed by atoms with Gasteiger partial charge in [-0.15, -0.1) is 0 Å². The second-order valence-electron chi connectivity index (χ2n) is 7.79. The summed E-state index contributed by atoms with van der Waals surface area (Å²) in [5.41, 5.74) is 2.53. The Labute approximate surface area is 140 Å². The molecule has 1 aromatic rings. The molecule has 3 heteroatoms. The molecule has 2 heterocycles. The van der Waals surface area contributed by atoms with Crippen LogP contribution in [-0.2, 0) is 4.79 Å². The third-order valence-electron chi connectivity index (χ3n) is 5.53. The van der Waals surface area contributed by atoms with Crippen molar-refractivity contribution >= 4 is 5.91 Å². The number of amides is 1. The van der Waals surface area contributed by atoms with Gasteiger partial charge in [0.1, 0.15) is 0 Å². The maximum Gasteiger partial charge on any atom is 0.220 e. The fourth-order valence-electron chi connectivity index (χ4n) is 4.16. The van der Waals surface area contributed by atoms with Gasteiger partial charge >= 0.3 is 0 Å². The van der Waals surface area contributed by atoms with Crippen molar-refractivity contribution in [3.05, 3.63) is 35.4 Å². The van der Waals surface area contributed by atoms with E-state index in [0.717, 1.165) is 0 Å². The lowest BCUT2D eigenvalue weighted by atomic mass is 9.89. The summed E-state index contributed by atoms with van der Waals surface area (Å²) in [6, 6.07) is 10.0. The van der Waals surface area contributed by atoms with Gasteiger partial charge in [-0.05, 0) is 55.6 Å². The second-order valence-corrected chi connectivity index (χ2v) is 7.79. The standard InChI is InChI=1S/C20H30N2O/c1-13(2)16-4-6-17(7-5-16)14(3)21-20(23)12-15-10-18-8-9-19(11-15)22-18/h4-7,13-15,18-19,22H,8-12H2,1-3H3,(H,21,23). The van der Waals surface area contributed by atoms with Crippen LogP contribution in [0, 0.1) is 5.92 Å². The molecule has 3 rings (SSSR count). The normalized spacial score (nSPS) is 27.9. The van der Waals surface area contributed by atoms with Crippen LogP contribution in [0.3, 0.4) is 0 Å². The minimum atomic E-state index is 0.0853. The maximum atomic E-state index is 12.4. The Balaban J connectivity index is 1.50. The predicted octanol–water partition coefficient (Wildman–Crippen LogP) is 3.91. The lowest BCUT2D eigenvalue weighted by molar-refractivity contribution is -0.122. The first kappa shape index (κ1) is 16.5. The minimum Gasteiger partial charge on any atom is -0.350 e. The third kappa shape index (κ3) is 4.14. The van der Waals surface area contributed by atoms with Gasteiger partial charge in [0.2, 0.25) is 5.91 Å². The van der Waals surface area contributed by atoms with Crippen LogP contribution in [0.15, 0.2) is 24.3 Å². The van der Waals surface area contributed by atoms with E-state index in [1.54, 1.807) is 0 Å². The maximum absolute atomic E-state index is 12.4. The number of rotatable bonds is 5. The van der Waals surface area contributed by atoms with E-state index in [1.807, 2.05) is 0 Å². The van der Waals surface area contributed by atoms with Crippen molar-refractivity contribution in [3.8, 4) is 0 Å². The Kier molecular flexibility index (Phi) is 5.05. The monoisotopic (exact) mass is 314 g/mol. The van der Waals surface area contributed by atoms with E-state index in [2.05, 4.69) is 55.7 Å². The summed E-state index contributed by atoms with van der Waals surface area (Å²) < 4.78 is 0. The van der Waals surface area contributed by atoms with Gasteiger partial charge in [0.15, 0.2) is 0 Å². The highest BCUT2D eigenvalue weighted by atomic mass is 16.1. The summed E-state index contributed by atoms with van der Waals surface area (Å²) in [7, 11) is 0. The van der Waals surface area contributed by atoms with Crippen LogP contribution in [-0.4, -0.2) is 18.0 Å². The molecule has 3 atom stereocenters. The molecule has 2 saturated heterocycles. The lowest BCUT2D eigenvalue weighted by Gasteiger charge is -2.29. The fourth-order valence-corrected chi connectivity index (χ4v) is 4.16. The number of hydrogen-bond acceptors (Lipinski definition) is 2. The summed E-state index contributed by atoms with van der Waals surface area (Å²) >= 11 is 0. The first-order valence-corrected chi connectivity index (χ1v) is 9.16. The summed E-state index contributed by atoms with van der Waals surface area (Å²) in [5.74, 6) is 1.31. The summed E-state index contributed by atoms with van der Waals surface area (Å²) in [4.78, 5) is 12.4. The van der Waals surface area contributed by atoms with E-state index >= 15 is 0 Å². The van der Waals surface area contributed by atoms with Crippen molar-refractivity contribution in [3.63, 3.8) is 0 Å². The smallest absolute Gasteiger partial charge is 0.220 e. The van der Waals surface area contributed by atoms with Crippen LogP contribution in [0.1, 0.15) is 76.0 Å². The van der Waals surface area contributed by atoms with Gasteiger partial charge in [0.05, 0.1) is 6.04 Å². The zero-order chi connectivity index (χ0) is 16.4. The molecule has 23 heavy (non-hydrogen) atoms. The average Bonchev–Trinajstić information content (AvgIpc) is 2.86. The SMILES string of the molecule is CC(C)c1ccc(C(C)NC(=O)CC2CC3CCC(C2)N3)cc1. The van der Waals surface area contributed by atoms with Gasteiger partial charge in [-0.1, -0.05) is 38.1 Å². The Morgan fingerprint density at radius 2 is 1.65 bits per heavy atom. The van der Waals surface area contributed by atoms with E-state index < -0.39 is 0 Å². The number of carbonyl (C=O) groups is 1. The Morgan fingerprint density at radius 3 is 2.22 bits per heavy atom. The van der Waals surface area contributed by atoms with E-state index in [0.29, 0.717) is 30.3 Å². The van der Waals surface area contributed by atoms with Crippen molar-refractivity contribution in [1.82, 2.24) is 10.6 Å². The van der Waals surface area contributed by atoms with Crippen LogP contribution >= 0.6 is 0 Å². The van der Waals surface area contributed by atoms with Crippen molar-refractivity contribution < 1.29 is 4.79 Å². The summed E-state index contributed by atoms with van der Waals surface area (Å²) in [6.45, 7) is 6.48. The van der Waals surface area contributed by atoms with E-state index in [9.17, 15) is 4.79 Å². The Hall–Kier alpha value is -1.35. The molecule has 2 aliphatic heterocycles. The molecule has 3 unspecified atom stereocenters. The molecule has 0 radical (unpaired) electrons. The van der Waals surface area contributed by atoms with Gasteiger partial charge < -0.3 is 10.6 Å². The molecule has 2 bridgehead atoms. The fraction of sp³-hybridized carbons (Fsp3) is 0.650. The highest BCUT2D eigenvalue weighted by Crippen LogP contribution is 2.32. The number of fused-ring (bicyclic) bond motifs is 2. The van der Waals surface area contributed by atoms with Crippen molar-refractivity contribution in [2.75, 3.05) is 0 Å². The molecule has 126 valence electrons. The number of piperidine rings is 1. The molecule has 0 spiro atoms. The quantitative estimate of drug-likeness (QED) is 0.865. The summed E-state index contributed by atoms with van der Waals surface area (Å²) in [5, 5.41) is 6.83. The number of carbonyl (C=O) groups excluding carboxylic acids is 1. The third-order valence-corrected chi connectivity index (χ3v) is 5.53. The first-order chi connectivity index (χ1) is 11.0. The van der Waals surface area contributed by atoms with Crippen LogP contribution in [0.4, 0.5) is 0 Å². The van der Waals surface area contributed by atoms with Gasteiger partial charge in [0, 0.05) is 18.5 Å². The topological polar surface area (TPSA) is 41.1 Å². The van der Waals surface area contributed by atoms with E-state index in [4.69, 9.17) is 0 Å². The number of benzene rings is 1. The molecule has 3 nitrogen and oxygen atoms in total. The Morgan fingerprint density at radius 1 is 1.09 bits per heavy atom. The summed E-state index contributed by atoms with van der Waals surface area (Å²) in [6.07, 6.45) is 5.61. The van der Waals surface area contributed by atoms with Gasteiger partial charge in [-0.25, -0.2) is 0 Å². The number of nitrogens with one attached hydrogen (secondary N) is 2. The van der Waals surface area contributed by atoms with E-state index in [1.165, 1.54) is 36.8 Å². The first-order valence-electron chi connectivity index (χ1n) is 9.16. The zero-order valence-corrected chi connectivity index (χ0v) is 14.6. The predicted molar refractivity (Wildman–Crippen MR) is 94.4 cm³/mol. The second kappa shape index (κ2) is 7.04.